The molecule has 0 radical (unpaired) electrons. The molecule has 0 saturated heterocycles. The van der Waals surface area contributed by atoms with Crippen LogP contribution < -0.4 is 5.32 Å². The second kappa shape index (κ2) is 8.32. The topological polar surface area (TPSA) is 49.3 Å². The van der Waals surface area contributed by atoms with E-state index < -0.39 is 0 Å². The van der Waals surface area contributed by atoms with Crippen molar-refractivity contribution in [2.45, 2.75) is 26.2 Å². The van der Waals surface area contributed by atoms with Gasteiger partial charge in [0.1, 0.15) is 0 Å². The Bertz CT molecular complexity index is 142. The number of carbonyl (C=O) groups is 1. The van der Waals surface area contributed by atoms with Crippen molar-refractivity contribution in [3.63, 3.8) is 0 Å². The van der Waals surface area contributed by atoms with Crippen LogP contribution >= 0.6 is 11.6 Å². The van der Waals surface area contributed by atoms with Gasteiger partial charge in [-0.3, -0.25) is 4.79 Å². The van der Waals surface area contributed by atoms with Gasteiger partial charge < -0.3 is 10.4 Å². The Balaban J connectivity index is 3.27. The average molecular weight is 208 g/mol. The van der Waals surface area contributed by atoms with Crippen LogP contribution in [0.15, 0.2) is 0 Å². The maximum absolute atomic E-state index is 11.2. The third-order valence-electron chi connectivity index (χ3n) is 1.81. The van der Waals surface area contributed by atoms with Crippen molar-refractivity contribution in [3.8, 4) is 0 Å². The average Bonchev–Trinajstić information content (AvgIpc) is 2.16. The van der Waals surface area contributed by atoms with Gasteiger partial charge in [-0.1, -0.05) is 6.92 Å². The molecule has 0 aliphatic heterocycles. The molecular weight excluding hydrogens is 190 g/mol. The molecule has 0 aromatic rings. The van der Waals surface area contributed by atoms with Crippen molar-refractivity contribution < 1.29 is 9.90 Å². The van der Waals surface area contributed by atoms with Crippen molar-refractivity contribution >= 4 is 17.5 Å². The smallest absolute Gasteiger partial charge is 0.224 e. The van der Waals surface area contributed by atoms with Crippen LogP contribution in [0.1, 0.15) is 26.2 Å². The molecule has 2 N–H and O–H groups in total. The number of aliphatic hydroxyl groups is 1. The zero-order chi connectivity index (χ0) is 10.1. The number of halogens is 1. The third kappa shape index (κ3) is 6.84. The van der Waals surface area contributed by atoms with E-state index >= 15 is 0 Å². The molecule has 0 fully saturated rings. The van der Waals surface area contributed by atoms with Crippen LogP contribution in [0.25, 0.3) is 0 Å². The number of alkyl halides is 1. The molecule has 0 rings (SSSR count). The first kappa shape index (κ1) is 12.7. The highest BCUT2D eigenvalue weighted by atomic mass is 35.5. The minimum absolute atomic E-state index is 0.0130. The number of nitrogens with one attached hydrogen (secondary N) is 1. The normalized spacial score (nSPS) is 12.5. The van der Waals surface area contributed by atoms with Gasteiger partial charge >= 0.3 is 0 Å². The van der Waals surface area contributed by atoms with E-state index in [0.29, 0.717) is 12.4 Å². The predicted molar refractivity (Wildman–Crippen MR) is 53.8 cm³/mol. The molecule has 1 atom stereocenters. The summed E-state index contributed by atoms with van der Waals surface area (Å²) >= 11 is 5.52. The molecule has 0 saturated carbocycles. The molecule has 0 bridgehead atoms. The number of carbonyl (C=O) groups excluding carboxylic acids is 1. The molecule has 13 heavy (non-hydrogen) atoms. The Morgan fingerprint density at radius 2 is 2.15 bits per heavy atom. The summed E-state index contributed by atoms with van der Waals surface area (Å²) < 4.78 is 0. The summed E-state index contributed by atoms with van der Waals surface area (Å²) in [6, 6.07) is 0. The fraction of sp³-hybridized carbons (Fsp3) is 0.889. The first-order chi connectivity index (χ1) is 6.22. The van der Waals surface area contributed by atoms with Gasteiger partial charge in [-0.05, 0) is 19.3 Å². The van der Waals surface area contributed by atoms with Crippen molar-refractivity contribution in [2.24, 2.45) is 5.92 Å². The van der Waals surface area contributed by atoms with Gasteiger partial charge in [-0.15, -0.1) is 11.6 Å². The Labute approximate surface area is 84.5 Å². The second-order valence-electron chi connectivity index (χ2n) is 3.13. The lowest BCUT2D eigenvalue weighted by molar-refractivity contribution is -0.123. The van der Waals surface area contributed by atoms with Crippen LogP contribution in [0.5, 0.6) is 0 Å². The van der Waals surface area contributed by atoms with Crippen molar-refractivity contribution in [2.75, 3.05) is 19.0 Å². The summed E-state index contributed by atoms with van der Waals surface area (Å²) in [6.45, 7) is 2.71. The van der Waals surface area contributed by atoms with E-state index in [2.05, 4.69) is 5.32 Å². The van der Waals surface area contributed by atoms with Gasteiger partial charge in [0, 0.05) is 24.9 Å². The molecule has 0 heterocycles. The van der Waals surface area contributed by atoms with Gasteiger partial charge in [0.15, 0.2) is 0 Å². The van der Waals surface area contributed by atoms with Crippen LogP contribution in [0.2, 0.25) is 0 Å². The van der Waals surface area contributed by atoms with Crippen molar-refractivity contribution in [1.82, 2.24) is 5.32 Å². The molecular formula is C9H18ClNO2. The van der Waals surface area contributed by atoms with Crippen molar-refractivity contribution in [1.29, 1.82) is 0 Å². The number of unbranched alkanes of at least 4 members (excludes halogenated alkanes) is 2. The van der Waals surface area contributed by atoms with Crippen molar-refractivity contribution in [3.05, 3.63) is 0 Å². The molecule has 1 amide bonds. The van der Waals surface area contributed by atoms with Crippen LogP contribution in [0.3, 0.4) is 0 Å². The molecule has 1 unspecified atom stereocenters. The molecule has 0 aromatic carbocycles. The highest BCUT2D eigenvalue weighted by Crippen LogP contribution is 1.98. The Kier molecular flexibility index (Phi) is 8.14. The highest BCUT2D eigenvalue weighted by molar-refractivity contribution is 6.19. The number of hydrogen-bond acceptors (Lipinski definition) is 2. The zero-order valence-corrected chi connectivity index (χ0v) is 8.81. The van der Waals surface area contributed by atoms with E-state index in [0.717, 1.165) is 19.3 Å². The number of rotatable bonds is 7. The maximum atomic E-state index is 11.2. The monoisotopic (exact) mass is 207 g/mol. The second-order valence-corrected chi connectivity index (χ2v) is 3.44. The fourth-order valence-corrected chi connectivity index (χ4v) is 1.01. The van der Waals surface area contributed by atoms with E-state index in [-0.39, 0.29) is 18.4 Å². The first-order valence-electron chi connectivity index (χ1n) is 4.67. The van der Waals surface area contributed by atoms with Gasteiger partial charge in [-0.25, -0.2) is 0 Å². The minimum Gasteiger partial charge on any atom is -0.396 e. The van der Waals surface area contributed by atoms with E-state index in [1.165, 1.54) is 0 Å². The molecule has 78 valence electrons. The number of hydrogen-bond donors (Lipinski definition) is 2. The van der Waals surface area contributed by atoms with E-state index in [1.807, 2.05) is 0 Å². The van der Waals surface area contributed by atoms with Gasteiger partial charge in [-0.2, -0.15) is 0 Å². The number of aliphatic hydroxyl groups excluding tert-OH is 1. The van der Waals surface area contributed by atoms with Gasteiger partial charge in [0.2, 0.25) is 5.91 Å². The molecule has 0 aliphatic carbocycles. The van der Waals surface area contributed by atoms with Crippen LogP contribution in [-0.4, -0.2) is 30.0 Å². The lowest BCUT2D eigenvalue weighted by Crippen LogP contribution is -2.30. The highest BCUT2D eigenvalue weighted by Gasteiger charge is 2.09. The lowest BCUT2D eigenvalue weighted by atomic mass is 10.2. The Morgan fingerprint density at radius 1 is 1.46 bits per heavy atom. The minimum atomic E-state index is -0.112. The molecule has 0 aliphatic rings. The summed E-state index contributed by atoms with van der Waals surface area (Å²) in [5.41, 5.74) is 0. The van der Waals surface area contributed by atoms with E-state index in [1.54, 1.807) is 6.92 Å². The Hall–Kier alpha value is -0.280. The fourth-order valence-electron chi connectivity index (χ4n) is 0.869. The SMILES string of the molecule is CC(CCl)C(=O)NCCCCCO. The summed E-state index contributed by atoms with van der Waals surface area (Å²) in [6.07, 6.45) is 2.67. The molecule has 0 aromatic heterocycles. The first-order valence-corrected chi connectivity index (χ1v) is 5.20. The third-order valence-corrected chi connectivity index (χ3v) is 2.28. The molecule has 0 spiro atoms. The van der Waals surface area contributed by atoms with E-state index in [4.69, 9.17) is 16.7 Å². The maximum Gasteiger partial charge on any atom is 0.224 e. The summed E-state index contributed by atoms with van der Waals surface area (Å²) in [5, 5.41) is 11.3. The lowest BCUT2D eigenvalue weighted by Gasteiger charge is -2.08. The molecule has 3 nitrogen and oxygen atoms in total. The van der Waals surface area contributed by atoms with Gasteiger partial charge in [0.25, 0.3) is 0 Å². The summed E-state index contributed by atoms with van der Waals surface area (Å²) in [4.78, 5) is 11.2. The quantitative estimate of drug-likeness (QED) is 0.486. The molecule has 4 heteroatoms. The van der Waals surface area contributed by atoms with Crippen LogP contribution in [-0.2, 0) is 4.79 Å². The van der Waals surface area contributed by atoms with Crippen LogP contribution in [0, 0.1) is 5.92 Å². The zero-order valence-electron chi connectivity index (χ0n) is 8.05. The predicted octanol–water partition coefficient (Wildman–Crippen LogP) is 1.14. The largest absolute Gasteiger partial charge is 0.396 e. The standard InChI is InChI=1S/C9H18ClNO2/c1-8(7-10)9(13)11-5-3-2-4-6-12/h8,12H,2-7H2,1H3,(H,11,13). The summed E-state index contributed by atoms with van der Waals surface area (Å²) in [7, 11) is 0. The number of amides is 1. The summed E-state index contributed by atoms with van der Waals surface area (Å²) in [5.74, 6) is 0.265. The Morgan fingerprint density at radius 3 is 2.69 bits per heavy atom. The van der Waals surface area contributed by atoms with Crippen LogP contribution in [0.4, 0.5) is 0 Å². The van der Waals surface area contributed by atoms with Gasteiger partial charge in [0.05, 0.1) is 0 Å². The van der Waals surface area contributed by atoms with E-state index in [9.17, 15) is 4.79 Å².